The van der Waals surface area contributed by atoms with E-state index >= 15 is 0 Å². The fourth-order valence-corrected chi connectivity index (χ4v) is 5.37. The standard InChI is InChI=1S/C19H21N3O2S2.C2H6/c1-19(2,3)24-18(23)22-9-8-11-14(10-22)25-16(20)15(11)17-21-12-6-4-5-7-13(12)26-17;1-2/h4-7H,8-10,20H2,1-3H3;1-2H3. The maximum atomic E-state index is 12.4. The normalized spacial score (nSPS) is 13.7. The second-order valence-electron chi connectivity index (χ2n) is 7.38. The number of carbonyl (C=O) groups is 1. The van der Waals surface area contributed by atoms with Crippen molar-refractivity contribution in [1.82, 2.24) is 9.88 Å². The van der Waals surface area contributed by atoms with Crippen LogP contribution < -0.4 is 5.73 Å². The molecule has 1 aliphatic rings. The van der Waals surface area contributed by atoms with Gasteiger partial charge in [0.25, 0.3) is 0 Å². The van der Waals surface area contributed by atoms with Crippen LogP contribution in [-0.4, -0.2) is 28.1 Å². The highest BCUT2D eigenvalue weighted by molar-refractivity contribution is 7.22. The highest BCUT2D eigenvalue weighted by atomic mass is 32.1. The fourth-order valence-electron chi connectivity index (χ4n) is 3.12. The zero-order valence-corrected chi connectivity index (χ0v) is 18.7. The number of benzene rings is 1. The Morgan fingerprint density at radius 1 is 1.21 bits per heavy atom. The van der Waals surface area contributed by atoms with Crippen molar-refractivity contribution in [2.24, 2.45) is 0 Å². The third kappa shape index (κ3) is 4.15. The van der Waals surface area contributed by atoms with Crippen LogP contribution in [0.3, 0.4) is 0 Å². The first kappa shape index (κ1) is 20.6. The van der Waals surface area contributed by atoms with Gasteiger partial charge in [0.15, 0.2) is 0 Å². The molecule has 0 saturated carbocycles. The Morgan fingerprint density at radius 3 is 2.61 bits per heavy atom. The average Bonchev–Trinajstić information content (AvgIpc) is 3.20. The van der Waals surface area contributed by atoms with Crippen LogP contribution in [-0.2, 0) is 17.7 Å². The number of ether oxygens (including phenoxy) is 1. The zero-order chi connectivity index (χ0) is 20.5. The Bertz CT molecular complexity index is 952. The summed E-state index contributed by atoms with van der Waals surface area (Å²) in [5.41, 5.74) is 9.14. The molecule has 0 saturated heterocycles. The molecule has 5 nitrogen and oxygen atoms in total. The first-order valence-corrected chi connectivity index (χ1v) is 11.2. The van der Waals surface area contributed by atoms with Gasteiger partial charge in [0.05, 0.1) is 21.8 Å². The predicted molar refractivity (Wildman–Crippen MR) is 119 cm³/mol. The smallest absolute Gasteiger partial charge is 0.410 e. The van der Waals surface area contributed by atoms with Gasteiger partial charge in [0, 0.05) is 17.0 Å². The molecule has 7 heteroatoms. The van der Waals surface area contributed by atoms with E-state index in [-0.39, 0.29) is 6.09 Å². The van der Waals surface area contributed by atoms with Crippen molar-refractivity contribution in [2.45, 2.75) is 53.2 Å². The van der Waals surface area contributed by atoms with E-state index in [1.54, 1.807) is 27.6 Å². The predicted octanol–water partition coefficient (Wildman–Crippen LogP) is 5.93. The van der Waals surface area contributed by atoms with Crippen molar-refractivity contribution >= 4 is 44.0 Å². The highest BCUT2D eigenvalue weighted by Crippen LogP contribution is 2.44. The van der Waals surface area contributed by atoms with Crippen LogP contribution in [0, 0.1) is 0 Å². The number of nitrogen functional groups attached to an aromatic ring is 1. The van der Waals surface area contributed by atoms with Gasteiger partial charge in [-0.1, -0.05) is 26.0 Å². The number of rotatable bonds is 1. The van der Waals surface area contributed by atoms with E-state index < -0.39 is 5.60 Å². The molecule has 1 aliphatic heterocycles. The van der Waals surface area contributed by atoms with Gasteiger partial charge < -0.3 is 15.4 Å². The number of para-hydroxylation sites is 1. The van der Waals surface area contributed by atoms with E-state index in [0.29, 0.717) is 13.1 Å². The van der Waals surface area contributed by atoms with Crippen LogP contribution in [0.5, 0.6) is 0 Å². The lowest BCUT2D eigenvalue weighted by molar-refractivity contribution is 0.0227. The van der Waals surface area contributed by atoms with Crippen molar-refractivity contribution in [1.29, 1.82) is 0 Å². The molecule has 28 heavy (non-hydrogen) atoms. The summed E-state index contributed by atoms with van der Waals surface area (Å²) >= 11 is 3.22. The summed E-state index contributed by atoms with van der Waals surface area (Å²) < 4.78 is 6.66. The van der Waals surface area contributed by atoms with Crippen LogP contribution in [0.25, 0.3) is 20.8 Å². The van der Waals surface area contributed by atoms with Crippen LogP contribution >= 0.6 is 22.7 Å². The monoisotopic (exact) mass is 417 g/mol. The molecule has 2 aromatic heterocycles. The van der Waals surface area contributed by atoms with E-state index in [2.05, 4.69) is 6.07 Å². The minimum Gasteiger partial charge on any atom is -0.444 e. The Hall–Kier alpha value is -2.12. The number of aromatic nitrogens is 1. The molecule has 0 bridgehead atoms. The minimum atomic E-state index is -0.488. The summed E-state index contributed by atoms with van der Waals surface area (Å²) in [6.07, 6.45) is 0.504. The Labute approximate surface area is 174 Å². The largest absolute Gasteiger partial charge is 0.444 e. The lowest BCUT2D eigenvalue weighted by atomic mass is 10.0. The molecule has 0 fully saturated rings. The van der Waals surface area contributed by atoms with Crippen molar-refractivity contribution < 1.29 is 9.53 Å². The second kappa shape index (κ2) is 8.09. The number of nitrogens with two attached hydrogens (primary N) is 1. The highest BCUT2D eigenvalue weighted by Gasteiger charge is 2.30. The molecule has 4 rings (SSSR count). The number of hydrogen-bond donors (Lipinski definition) is 1. The number of nitrogens with zero attached hydrogens (tertiary/aromatic N) is 2. The summed E-state index contributed by atoms with van der Waals surface area (Å²) in [5, 5.41) is 1.74. The van der Waals surface area contributed by atoms with Crippen molar-refractivity contribution in [3.8, 4) is 10.6 Å². The molecular weight excluding hydrogens is 390 g/mol. The van der Waals surface area contributed by atoms with Gasteiger partial charge in [0.1, 0.15) is 10.6 Å². The fraction of sp³-hybridized carbons (Fsp3) is 0.429. The molecule has 0 atom stereocenters. The molecule has 3 aromatic rings. The molecule has 2 N–H and O–H groups in total. The molecule has 3 heterocycles. The number of hydrogen-bond acceptors (Lipinski definition) is 6. The quantitative estimate of drug-likeness (QED) is 0.533. The van der Waals surface area contributed by atoms with Gasteiger partial charge in [-0.2, -0.15) is 0 Å². The minimum absolute atomic E-state index is 0.267. The van der Waals surface area contributed by atoms with Crippen LogP contribution in [0.4, 0.5) is 9.80 Å². The molecule has 150 valence electrons. The van der Waals surface area contributed by atoms with Gasteiger partial charge in [-0.05, 0) is 44.9 Å². The van der Waals surface area contributed by atoms with E-state index in [1.807, 2.05) is 52.8 Å². The van der Waals surface area contributed by atoms with E-state index in [4.69, 9.17) is 15.5 Å². The number of anilines is 1. The molecule has 1 aromatic carbocycles. The van der Waals surface area contributed by atoms with Crippen LogP contribution in [0.15, 0.2) is 24.3 Å². The summed E-state index contributed by atoms with van der Waals surface area (Å²) in [6, 6.07) is 8.12. The Kier molecular flexibility index (Phi) is 5.95. The molecular formula is C21H27N3O2S2. The molecule has 0 unspecified atom stereocenters. The first-order chi connectivity index (χ1) is 13.3. The number of carbonyl (C=O) groups excluding carboxylic acids is 1. The second-order valence-corrected chi connectivity index (χ2v) is 9.55. The number of amides is 1. The van der Waals surface area contributed by atoms with Crippen molar-refractivity contribution in [2.75, 3.05) is 12.3 Å². The molecule has 0 aliphatic carbocycles. The summed E-state index contributed by atoms with van der Waals surface area (Å²) in [4.78, 5) is 20.0. The summed E-state index contributed by atoms with van der Waals surface area (Å²) in [6.45, 7) is 10.8. The Balaban J connectivity index is 0.00000109. The van der Waals surface area contributed by atoms with E-state index in [9.17, 15) is 4.79 Å². The maximum Gasteiger partial charge on any atom is 0.410 e. The Morgan fingerprint density at radius 2 is 1.93 bits per heavy atom. The zero-order valence-electron chi connectivity index (χ0n) is 17.0. The van der Waals surface area contributed by atoms with Gasteiger partial charge in [0.2, 0.25) is 0 Å². The van der Waals surface area contributed by atoms with E-state index in [0.717, 1.165) is 37.1 Å². The third-order valence-corrected chi connectivity index (χ3v) is 6.34. The van der Waals surface area contributed by atoms with Gasteiger partial charge in [-0.3, -0.25) is 0 Å². The number of thiazole rings is 1. The SMILES string of the molecule is CC.CC(C)(C)OC(=O)N1CCc2c(sc(N)c2-c2nc3ccccc3s2)C1. The lowest BCUT2D eigenvalue weighted by Gasteiger charge is -2.30. The molecule has 0 radical (unpaired) electrons. The first-order valence-electron chi connectivity index (χ1n) is 9.56. The number of thiophene rings is 1. The summed E-state index contributed by atoms with van der Waals surface area (Å²) in [7, 11) is 0. The maximum absolute atomic E-state index is 12.4. The van der Waals surface area contributed by atoms with E-state index in [1.165, 1.54) is 5.56 Å². The van der Waals surface area contributed by atoms with Crippen LogP contribution in [0.2, 0.25) is 0 Å². The van der Waals surface area contributed by atoms with Crippen molar-refractivity contribution in [3.05, 3.63) is 34.7 Å². The van der Waals surface area contributed by atoms with Crippen molar-refractivity contribution in [3.63, 3.8) is 0 Å². The average molecular weight is 418 g/mol. The van der Waals surface area contributed by atoms with Crippen LogP contribution in [0.1, 0.15) is 45.1 Å². The van der Waals surface area contributed by atoms with Gasteiger partial charge in [-0.25, -0.2) is 9.78 Å². The third-order valence-electron chi connectivity index (χ3n) is 4.24. The summed E-state index contributed by atoms with van der Waals surface area (Å²) in [5.74, 6) is 0. The van der Waals surface area contributed by atoms with Gasteiger partial charge in [-0.15, -0.1) is 22.7 Å². The lowest BCUT2D eigenvalue weighted by Crippen LogP contribution is -2.39. The van der Waals surface area contributed by atoms with Gasteiger partial charge >= 0.3 is 6.09 Å². The molecule has 0 spiro atoms. The topological polar surface area (TPSA) is 68.5 Å². The number of fused-ring (bicyclic) bond motifs is 2. The molecule has 1 amide bonds.